The highest BCUT2D eigenvalue weighted by molar-refractivity contribution is 5.60. The largest absolute Gasteiger partial charge is 0.493 e. The van der Waals surface area contributed by atoms with Crippen LogP contribution in [-0.4, -0.2) is 26.4 Å². The van der Waals surface area contributed by atoms with Crippen LogP contribution in [-0.2, 0) is 6.42 Å². The van der Waals surface area contributed by atoms with Crippen molar-refractivity contribution in [2.24, 2.45) is 0 Å². The molecule has 0 aliphatic heterocycles. The number of rotatable bonds is 3. The number of hydrogen-bond acceptors (Lipinski definition) is 4. The maximum Gasteiger partial charge on any atom is 0.203 e. The van der Waals surface area contributed by atoms with Crippen LogP contribution in [0.4, 0.5) is 0 Å². The second-order valence-electron chi connectivity index (χ2n) is 4.12. The van der Waals surface area contributed by atoms with Crippen molar-refractivity contribution in [3.05, 3.63) is 17.2 Å². The van der Waals surface area contributed by atoms with Gasteiger partial charge in [-0.1, -0.05) is 0 Å². The average molecular weight is 238 g/mol. The van der Waals surface area contributed by atoms with Gasteiger partial charge in [-0.3, -0.25) is 0 Å². The highest BCUT2D eigenvalue weighted by atomic mass is 16.5. The lowest BCUT2D eigenvalue weighted by atomic mass is 9.88. The summed E-state index contributed by atoms with van der Waals surface area (Å²) in [5.74, 6) is 1.88. The van der Waals surface area contributed by atoms with Crippen molar-refractivity contribution in [1.82, 2.24) is 0 Å². The lowest BCUT2D eigenvalue weighted by molar-refractivity contribution is 0.154. The Kier molecular flexibility index (Phi) is 3.43. The first-order valence-corrected chi connectivity index (χ1v) is 5.72. The summed E-state index contributed by atoms with van der Waals surface area (Å²) < 4.78 is 16.0. The minimum absolute atomic E-state index is 0.438. The Morgan fingerprint density at radius 2 is 1.82 bits per heavy atom. The van der Waals surface area contributed by atoms with Gasteiger partial charge in [0, 0.05) is 5.56 Å². The molecule has 1 aromatic rings. The molecule has 1 N–H and O–H groups in total. The van der Waals surface area contributed by atoms with Crippen molar-refractivity contribution in [2.75, 3.05) is 21.3 Å². The molecule has 1 aliphatic carbocycles. The van der Waals surface area contributed by atoms with Crippen molar-refractivity contribution in [1.29, 1.82) is 0 Å². The summed E-state index contributed by atoms with van der Waals surface area (Å²) in [4.78, 5) is 0. The Labute approximate surface area is 101 Å². The van der Waals surface area contributed by atoms with Crippen LogP contribution in [0.15, 0.2) is 6.07 Å². The van der Waals surface area contributed by atoms with Gasteiger partial charge >= 0.3 is 0 Å². The van der Waals surface area contributed by atoms with Crippen LogP contribution in [0, 0.1) is 0 Å². The van der Waals surface area contributed by atoms with Gasteiger partial charge in [0.2, 0.25) is 5.75 Å². The van der Waals surface area contributed by atoms with Crippen molar-refractivity contribution < 1.29 is 19.3 Å². The fourth-order valence-corrected chi connectivity index (χ4v) is 2.42. The number of methoxy groups -OCH3 is 3. The number of fused-ring (bicyclic) bond motifs is 1. The van der Waals surface area contributed by atoms with Gasteiger partial charge in [0.05, 0.1) is 27.4 Å². The van der Waals surface area contributed by atoms with Gasteiger partial charge < -0.3 is 19.3 Å². The van der Waals surface area contributed by atoms with E-state index in [0.717, 1.165) is 30.4 Å². The zero-order valence-corrected chi connectivity index (χ0v) is 10.4. The molecule has 0 spiro atoms. The third kappa shape index (κ3) is 1.93. The Morgan fingerprint density at radius 1 is 1.12 bits per heavy atom. The number of aliphatic hydroxyl groups excluding tert-OH is 1. The minimum Gasteiger partial charge on any atom is -0.493 e. The summed E-state index contributed by atoms with van der Waals surface area (Å²) in [5, 5.41) is 10.0. The van der Waals surface area contributed by atoms with Gasteiger partial charge in [-0.15, -0.1) is 0 Å². The molecule has 4 heteroatoms. The van der Waals surface area contributed by atoms with Crippen molar-refractivity contribution >= 4 is 0 Å². The predicted molar refractivity (Wildman–Crippen MR) is 64.0 cm³/mol. The van der Waals surface area contributed by atoms with E-state index < -0.39 is 6.10 Å². The van der Waals surface area contributed by atoms with Crippen molar-refractivity contribution in [3.63, 3.8) is 0 Å². The molecule has 0 saturated carbocycles. The monoisotopic (exact) mass is 238 g/mol. The summed E-state index contributed by atoms with van der Waals surface area (Å²) in [6.07, 6.45) is 2.20. The van der Waals surface area contributed by atoms with E-state index in [1.54, 1.807) is 21.3 Å². The zero-order chi connectivity index (χ0) is 12.4. The maximum absolute atomic E-state index is 10.0. The molecule has 1 aromatic carbocycles. The van der Waals surface area contributed by atoms with E-state index >= 15 is 0 Å². The first kappa shape index (κ1) is 12.0. The topological polar surface area (TPSA) is 47.9 Å². The second kappa shape index (κ2) is 4.84. The van der Waals surface area contributed by atoms with Crippen molar-refractivity contribution in [2.45, 2.75) is 25.4 Å². The van der Waals surface area contributed by atoms with Crippen molar-refractivity contribution in [3.8, 4) is 17.2 Å². The smallest absolute Gasteiger partial charge is 0.203 e. The molecule has 2 rings (SSSR count). The molecule has 0 radical (unpaired) electrons. The molecule has 0 fully saturated rings. The predicted octanol–water partition coefficient (Wildman–Crippen LogP) is 2.08. The second-order valence-corrected chi connectivity index (χ2v) is 4.12. The van der Waals surface area contributed by atoms with E-state index in [1.165, 1.54) is 0 Å². The molecule has 1 aliphatic rings. The fraction of sp³-hybridized carbons (Fsp3) is 0.538. The van der Waals surface area contributed by atoms with Crippen LogP contribution in [0.5, 0.6) is 17.2 Å². The van der Waals surface area contributed by atoms with Crippen LogP contribution >= 0.6 is 0 Å². The van der Waals surface area contributed by atoms with Crippen LogP contribution < -0.4 is 14.2 Å². The molecule has 1 unspecified atom stereocenters. The number of ether oxygens (including phenoxy) is 3. The van der Waals surface area contributed by atoms with E-state index in [9.17, 15) is 5.11 Å². The fourth-order valence-electron chi connectivity index (χ4n) is 2.42. The van der Waals surface area contributed by atoms with Gasteiger partial charge in [-0.05, 0) is 30.9 Å². The number of benzene rings is 1. The Hall–Kier alpha value is -1.42. The average Bonchev–Trinajstić information content (AvgIpc) is 2.36. The van der Waals surface area contributed by atoms with Gasteiger partial charge in [-0.2, -0.15) is 0 Å². The van der Waals surface area contributed by atoms with Gasteiger partial charge in [-0.25, -0.2) is 0 Å². The molecule has 17 heavy (non-hydrogen) atoms. The molecule has 0 heterocycles. The van der Waals surface area contributed by atoms with E-state index in [4.69, 9.17) is 14.2 Å². The molecule has 4 nitrogen and oxygen atoms in total. The third-order valence-corrected chi connectivity index (χ3v) is 3.23. The summed E-state index contributed by atoms with van der Waals surface area (Å²) in [7, 11) is 4.78. The quantitative estimate of drug-likeness (QED) is 0.875. The van der Waals surface area contributed by atoms with E-state index in [0.29, 0.717) is 17.2 Å². The summed E-state index contributed by atoms with van der Waals surface area (Å²) in [6, 6.07) is 1.85. The van der Waals surface area contributed by atoms with E-state index in [2.05, 4.69) is 0 Å². The first-order valence-electron chi connectivity index (χ1n) is 5.72. The highest BCUT2D eigenvalue weighted by Crippen LogP contribution is 2.46. The lowest BCUT2D eigenvalue weighted by Crippen LogP contribution is -2.12. The van der Waals surface area contributed by atoms with E-state index in [1.807, 2.05) is 6.07 Å². The summed E-state index contributed by atoms with van der Waals surface area (Å²) in [5.41, 5.74) is 1.93. The molecule has 1 atom stereocenters. The van der Waals surface area contributed by atoms with Gasteiger partial charge in [0.25, 0.3) is 0 Å². The SMILES string of the molecule is COc1cc2c(c(OC)c1OC)CCCC2O. The van der Waals surface area contributed by atoms with Crippen LogP contribution in [0.25, 0.3) is 0 Å². The zero-order valence-electron chi connectivity index (χ0n) is 10.4. The minimum atomic E-state index is -0.438. The first-order chi connectivity index (χ1) is 8.22. The van der Waals surface area contributed by atoms with Crippen LogP contribution in [0.3, 0.4) is 0 Å². The Morgan fingerprint density at radius 3 is 2.41 bits per heavy atom. The molecule has 0 bridgehead atoms. The lowest BCUT2D eigenvalue weighted by Gasteiger charge is -2.25. The molecular formula is C13H18O4. The van der Waals surface area contributed by atoms with Crippen LogP contribution in [0.2, 0.25) is 0 Å². The summed E-state index contributed by atoms with van der Waals surface area (Å²) in [6.45, 7) is 0. The molecular weight excluding hydrogens is 220 g/mol. The molecule has 0 saturated heterocycles. The van der Waals surface area contributed by atoms with E-state index in [-0.39, 0.29) is 0 Å². The van der Waals surface area contributed by atoms with Gasteiger partial charge in [0.15, 0.2) is 11.5 Å². The standard InChI is InChI=1S/C13H18O4/c1-15-11-7-9-8(5-4-6-10(9)14)12(16-2)13(11)17-3/h7,10,14H,4-6H2,1-3H3. The molecule has 0 amide bonds. The Balaban J connectivity index is 2.64. The highest BCUT2D eigenvalue weighted by Gasteiger charge is 2.26. The number of aliphatic hydroxyl groups is 1. The molecule has 94 valence electrons. The third-order valence-electron chi connectivity index (χ3n) is 3.23. The van der Waals surface area contributed by atoms with Crippen LogP contribution in [0.1, 0.15) is 30.1 Å². The maximum atomic E-state index is 10.0. The summed E-state index contributed by atoms with van der Waals surface area (Å²) >= 11 is 0. The molecule has 0 aromatic heterocycles. The number of hydrogen-bond donors (Lipinski definition) is 1. The van der Waals surface area contributed by atoms with Gasteiger partial charge in [0.1, 0.15) is 0 Å². The normalized spacial score (nSPS) is 18.5. The Bertz CT molecular complexity index is 414.